The highest BCUT2D eigenvalue weighted by molar-refractivity contribution is 4.41. The van der Waals surface area contributed by atoms with E-state index in [2.05, 4.69) is 14.1 Å². The smallest absolute Gasteiger partial charge is 0.156 e. The number of nitrogens with zero attached hydrogens (tertiary/aromatic N) is 1. The molecule has 0 aromatic heterocycles. The molecule has 4 N–H and O–H groups in total. The number of aliphatic hydroxyl groups is 2. The molecule has 0 aliphatic heterocycles. The van der Waals surface area contributed by atoms with Crippen LogP contribution in [0.5, 0.6) is 0 Å². The van der Waals surface area contributed by atoms with E-state index in [1.165, 1.54) is 0 Å². The Kier molecular flexibility index (Phi) is 9.34. The fourth-order valence-electron chi connectivity index (χ4n) is 1.10. The SMILES string of the molecule is C[N+](C)(CCCN)CCC(O)O.[Br-]. The molecule has 0 saturated heterocycles. The summed E-state index contributed by atoms with van der Waals surface area (Å²) in [6.07, 6.45) is 0.229. The summed E-state index contributed by atoms with van der Waals surface area (Å²) in [5.74, 6) is 0. The van der Waals surface area contributed by atoms with Gasteiger partial charge in [-0.15, -0.1) is 0 Å². The molecule has 82 valence electrons. The standard InChI is InChI=1S/C8H21N2O2.BrH/c1-10(2,6-3-5-9)7-4-8(11)12;/h8,11-12H,3-7,9H2,1-2H3;1H/q+1;/p-1. The summed E-state index contributed by atoms with van der Waals surface area (Å²) < 4.78 is 0.800. The van der Waals surface area contributed by atoms with Crippen LogP contribution in [-0.2, 0) is 0 Å². The minimum atomic E-state index is -1.18. The Bertz CT molecular complexity index is 121. The average Bonchev–Trinajstić information content (AvgIpc) is 1.98. The Balaban J connectivity index is 0. The summed E-state index contributed by atoms with van der Waals surface area (Å²) in [4.78, 5) is 0. The number of nitrogens with two attached hydrogens (primary N) is 1. The predicted molar refractivity (Wildman–Crippen MR) is 48.4 cm³/mol. The van der Waals surface area contributed by atoms with Crippen molar-refractivity contribution in [1.29, 1.82) is 0 Å². The van der Waals surface area contributed by atoms with Gasteiger partial charge in [0.2, 0.25) is 0 Å². The van der Waals surface area contributed by atoms with Crippen LogP contribution in [0.2, 0.25) is 0 Å². The first-order valence-electron chi connectivity index (χ1n) is 4.36. The van der Waals surface area contributed by atoms with Gasteiger partial charge in [0.05, 0.1) is 27.2 Å². The molecule has 0 spiro atoms. The highest BCUT2D eigenvalue weighted by atomic mass is 79.9. The molecular formula is C8H21BrN2O2. The van der Waals surface area contributed by atoms with Crippen LogP contribution in [0.4, 0.5) is 0 Å². The van der Waals surface area contributed by atoms with Crippen LogP contribution in [-0.4, -0.2) is 54.7 Å². The average molecular weight is 257 g/mol. The van der Waals surface area contributed by atoms with Gasteiger partial charge >= 0.3 is 0 Å². The topological polar surface area (TPSA) is 66.5 Å². The lowest BCUT2D eigenvalue weighted by atomic mass is 10.3. The molecule has 13 heavy (non-hydrogen) atoms. The van der Waals surface area contributed by atoms with E-state index in [9.17, 15) is 0 Å². The first-order valence-corrected chi connectivity index (χ1v) is 4.36. The molecule has 0 bridgehead atoms. The van der Waals surface area contributed by atoms with E-state index in [0.717, 1.165) is 24.0 Å². The van der Waals surface area contributed by atoms with E-state index in [0.29, 0.717) is 13.0 Å². The first kappa shape index (κ1) is 15.8. The number of hydrogen-bond donors (Lipinski definition) is 3. The van der Waals surface area contributed by atoms with Crippen molar-refractivity contribution in [1.82, 2.24) is 0 Å². The van der Waals surface area contributed by atoms with Crippen LogP contribution in [0.15, 0.2) is 0 Å². The molecule has 0 aliphatic rings. The van der Waals surface area contributed by atoms with Gasteiger partial charge in [0.15, 0.2) is 6.29 Å². The van der Waals surface area contributed by atoms with Gasteiger partial charge in [-0.25, -0.2) is 0 Å². The minimum absolute atomic E-state index is 0. The number of quaternary nitrogens is 1. The normalized spacial score (nSPS) is 11.5. The highest BCUT2D eigenvalue weighted by Gasteiger charge is 2.15. The minimum Gasteiger partial charge on any atom is -1.00 e. The summed E-state index contributed by atoms with van der Waals surface area (Å²) in [7, 11) is 4.14. The van der Waals surface area contributed by atoms with Crippen LogP contribution in [0.1, 0.15) is 12.8 Å². The second-order valence-corrected chi connectivity index (χ2v) is 3.79. The molecule has 0 amide bonds. The van der Waals surface area contributed by atoms with Crippen LogP contribution in [0, 0.1) is 0 Å². The van der Waals surface area contributed by atoms with E-state index in [-0.39, 0.29) is 17.0 Å². The molecule has 0 aromatic carbocycles. The van der Waals surface area contributed by atoms with E-state index >= 15 is 0 Å². The Morgan fingerprint density at radius 3 is 2.15 bits per heavy atom. The molecule has 0 saturated carbocycles. The van der Waals surface area contributed by atoms with Gasteiger partial charge in [-0.2, -0.15) is 0 Å². The van der Waals surface area contributed by atoms with Crippen LogP contribution in [0.25, 0.3) is 0 Å². The second kappa shape index (κ2) is 7.70. The number of aliphatic hydroxyl groups excluding tert-OH is 1. The van der Waals surface area contributed by atoms with Crippen molar-refractivity contribution in [3.05, 3.63) is 0 Å². The molecule has 0 unspecified atom stereocenters. The molecule has 0 atom stereocenters. The van der Waals surface area contributed by atoms with E-state index in [4.69, 9.17) is 15.9 Å². The van der Waals surface area contributed by atoms with E-state index < -0.39 is 6.29 Å². The molecule has 0 rings (SSSR count). The van der Waals surface area contributed by atoms with Gasteiger partial charge < -0.3 is 37.4 Å². The molecule has 0 aromatic rings. The van der Waals surface area contributed by atoms with Gasteiger partial charge in [0, 0.05) is 12.8 Å². The summed E-state index contributed by atoms with van der Waals surface area (Å²) >= 11 is 0. The van der Waals surface area contributed by atoms with Crippen LogP contribution >= 0.6 is 0 Å². The maximum Gasteiger partial charge on any atom is 0.156 e. The number of hydrogen-bond acceptors (Lipinski definition) is 3. The van der Waals surface area contributed by atoms with Crippen molar-refractivity contribution in [2.75, 3.05) is 33.7 Å². The zero-order valence-electron chi connectivity index (χ0n) is 8.41. The summed E-state index contributed by atoms with van der Waals surface area (Å²) in [5, 5.41) is 17.3. The third-order valence-electron chi connectivity index (χ3n) is 1.96. The first-order chi connectivity index (χ1) is 5.48. The lowest BCUT2D eigenvalue weighted by Crippen LogP contribution is -3.00. The fraction of sp³-hybridized carbons (Fsp3) is 1.00. The van der Waals surface area contributed by atoms with Gasteiger partial charge in [-0.1, -0.05) is 0 Å². The maximum atomic E-state index is 8.66. The summed E-state index contributed by atoms with van der Waals surface area (Å²) in [5.41, 5.74) is 5.38. The third-order valence-corrected chi connectivity index (χ3v) is 1.96. The van der Waals surface area contributed by atoms with Crippen molar-refractivity contribution in [2.24, 2.45) is 5.73 Å². The molecule has 0 aliphatic carbocycles. The number of halogens is 1. The Morgan fingerprint density at radius 1 is 1.23 bits per heavy atom. The van der Waals surface area contributed by atoms with Crippen molar-refractivity contribution >= 4 is 0 Å². The van der Waals surface area contributed by atoms with E-state index in [1.807, 2.05) is 0 Å². The molecule has 5 heteroatoms. The zero-order chi connectivity index (χ0) is 9.61. The highest BCUT2D eigenvalue weighted by Crippen LogP contribution is 2.01. The monoisotopic (exact) mass is 256 g/mol. The number of rotatable bonds is 6. The van der Waals surface area contributed by atoms with Crippen LogP contribution < -0.4 is 22.7 Å². The lowest BCUT2D eigenvalue weighted by molar-refractivity contribution is -0.891. The van der Waals surface area contributed by atoms with Gasteiger partial charge in [0.25, 0.3) is 0 Å². The quantitative estimate of drug-likeness (QED) is 0.337. The Labute approximate surface area is 90.7 Å². The van der Waals surface area contributed by atoms with Crippen molar-refractivity contribution in [3.8, 4) is 0 Å². The van der Waals surface area contributed by atoms with Crippen molar-refractivity contribution in [2.45, 2.75) is 19.1 Å². The molecular weight excluding hydrogens is 236 g/mol. The predicted octanol–water partition coefficient (Wildman–Crippen LogP) is -3.88. The van der Waals surface area contributed by atoms with Crippen LogP contribution in [0.3, 0.4) is 0 Å². The maximum absolute atomic E-state index is 8.66. The zero-order valence-corrected chi connectivity index (χ0v) is 10.00. The lowest BCUT2D eigenvalue weighted by Gasteiger charge is -2.29. The van der Waals surface area contributed by atoms with Gasteiger partial charge in [-0.05, 0) is 6.54 Å². The fourth-order valence-corrected chi connectivity index (χ4v) is 1.10. The Hall–Kier alpha value is 0.320. The van der Waals surface area contributed by atoms with E-state index in [1.54, 1.807) is 0 Å². The van der Waals surface area contributed by atoms with Crippen molar-refractivity contribution < 1.29 is 31.7 Å². The summed E-state index contributed by atoms with van der Waals surface area (Å²) in [6, 6.07) is 0. The molecule has 0 radical (unpaired) electrons. The molecule has 0 heterocycles. The second-order valence-electron chi connectivity index (χ2n) is 3.79. The van der Waals surface area contributed by atoms with Crippen molar-refractivity contribution in [3.63, 3.8) is 0 Å². The largest absolute Gasteiger partial charge is 1.00 e. The molecule has 0 fully saturated rings. The third kappa shape index (κ3) is 10.2. The van der Waals surface area contributed by atoms with Gasteiger partial charge in [-0.3, -0.25) is 0 Å². The Morgan fingerprint density at radius 2 is 1.77 bits per heavy atom. The summed E-state index contributed by atoms with van der Waals surface area (Å²) in [6.45, 7) is 2.46. The molecule has 4 nitrogen and oxygen atoms in total. The van der Waals surface area contributed by atoms with Gasteiger partial charge in [0.1, 0.15) is 0 Å².